The van der Waals surface area contributed by atoms with Crippen LogP contribution in [0.25, 0.3) is 0 Å². The van der Waals surface area contributed by atoms with Gasteiger partial charge in [-0.1, -0.05) is 13.2 Å². The monoisotopic (exact) mass is 342 g/mol. The number of rotatable bonds is 11. The van der Waals surface area contributed by atoms with E-state index in [1.807, 2.05) is 0 Å². The number of carbonyl (C=O) groups excluding carboxylic acids is 4. The van der Waals surface area contributed by atoms with E-state index in [9.17, 15) is 19.2 Å². The third-order valence-electron chi connectivity index (χ3n) is 2.39. The van der Waals surface area contributed by atoms with Gasteiger partial charge in [-0.15, -0.1) is 0 Å². The van der Waals surface area contributed by atoms with Gasteiger partial charge < -0.3 is 18.9 Å². The predicted molar refractivity (Wildman–Crippen MR) is 82.7 cm³/mol. The van der Waals surface area contributed by atoms with Gasteiger partial charge in [-0.05, 0) is 13.8 Å². The lowest BCUT2D eigenvalue weighted by Gasteiger charge is -2.07. The molecule has 0 aromatic heterocycles. The molecule has 0 radical (unpaired) electrons. The zero-order chi connectivity index (χ0) is 18.5. The molecule has 0 aliphatic rings. The van der Waals surface area contributed by atoms with Crippen LogP contribution in [-0.2, 0) is 38.1 Å². The molecule has 0 spiro atoms. The molecule has 0 heterocycles. The van der Waals surface area contributed by atoms with Gasteiger partial charge in [0.2, 0.25) is 0 Å². The third-order valence-corrected chi connectivity index (χ3v) is 2.39. The minimum absolute atomic E-state index is 0.107. The largest absolute Gasteiger partial charge is 0.462 e. The van der Waals surface area contributed by atoms with E-state index >= 15 is 0 Å². The minimum atomic E-state index is -0.587. The first kappa shape index (κ1) is 21.4. The Bertz CT molecular complexity index is 460. The van der Waals surface area contributed by atoms with Crippen LogP contribution in [0.15, 0.2) is 24.3 Å². The first-order chi connectivity index (χ1) is 11.2. The first-order valence-corrected chi connectivity index (χ1v) is 7.20. The highest BCUT2D eigenvalue weighted by atomic mass is 16.6. The summed E-state index contributed by atoms with van der Waals surface area (Å²) >= 11 is 0. The average Bonchev–Trinajstić information content (AvgIpc) is 2.51. The van der Waals surface area contributed by atoms with Crippen LogP contribution in [0.2, 0.25) is 0 Å². The van der Waals surface area contributed by atoms with Gasteiger partial charge in [0.1, 0.15) is 26.4 Å². The summed E-state index contributed by atoms with van der Waals surface area (Å²) in [6, 6.07) is 0. The molecule has 0 fully saturated rings. The lowest BCUT2D eigenvalue weighted by atomic mass is 10.3. The molecule has 0 aliphatic heterocycles. The molecule has 0 rings (SSSR count). The van der Waals surface area contributed by atoms with E-state index in [4.69, 9.17) is 18.9 Å². The second-order valence-corrected chi connectivity index (χ2v) is 4.77. The van der Waals surface area contributed by atoms with Crippen LogP contribution in [0.4, 0.5) is 0 Å². The van der Waals surface area contributed by atoms with Crippen LogP contribution in [-0.4, -0.2) is 50.3 Å². The minimum Gasteiger partial charge on any atom is -0.462 e. The Labute approximate surface area is 140 Å². The van der Waals surface area contributed by atoms with E-state index in [1.54, 1.807) is 0 Å². The normalized spacial score (nSPS) is 9.58. The highest BCUT2D eigenvalue weighted by Gasteiger charge is 2.09. The quantitative estimate of drug-likeness (QED) is 0.238. The van der Waals surface area contributed by atoms with Gasteiger partial charge in [0, 0.05) is 11.1 Å². The molecule has 0 saturated carbocycles. The maximum atomic E-state index is 11.3. The van der Waals surface area contributed by atoms with Crippen LogP contribution in [0.5, 0.6) is 0 Å². The lowest BCUT2D eigenvalue weighted by molar-refractivity contribution is -0.155. The maximum absolute atomic E-state index is 11.3. The zero-order valence-electron chi connectivity index (χ0n) is 13.9. The number of ether oxygens (including phenoxy) is 4. The Morgan fingerprint density at radius 2 is 0.958 bits per heavy atom. The number of hydrogen-bond acceptors (Lipinski definition) is 8. The van der Waals surface area contributed by atoms with E-state index in [1.165, 1.54) is 13.8 Å². The Balaban J connectivity index is 3.63. The molecule has 0 atom stereocenters. The molecule has 0 saturated heterocycles. The van der Waals surface area contributed by atoms with Crippen LogP contribution >= 0.6 is 0 Å². The average molecular weight is 342 g/mol. The molecule has 8 heteroatoms. The first-order valence-electron chi connectivity index (χ1n) is 7.20. The molecular formula is C16H22O8. The van der Waals surface area contributed by atoms with Gasteiger partial charge >= 0.3 is 23.9 Å². The highest BCUT2D eigenvalue weighted by Crippen LogP contribution is 1.97. The van der Waals surface area contributed by atoms with Crippen molar-refractivity contribution in [1.82, 2.24) is 0 Å². The Morgan fingerprint density at radius 1 is 0.625 bits per heavy atom. The van der Waals surface area contributed by atoms with Gasteiger partial charge in [0.25, 0.3) is 0 Å². The van der Waals surface area contributed by atoms with Crippen LogP contribution in [0, 0.1) is 0 Å². The van der Waals surface area contributed by atoms with Gasteiger partial charge in [-0.2, -0.15) is 0 Å². The summed E-state index contributed by atoms with van der Waals surface area (Å²) in [6.07, 6.45) is -0.215. The van der Waals surface area contributed by atoms with Crippen molar-refractivity contribution in [1.29, 1.82) is 0 Å². The summed E-state index contributed by atoms with van der Waals surface area (Å²) in [5, 5.41) is 0. The molecule has 24 heavy (non-hydrogen) atoms. The molecule has 8 nitrogen and oxygen atoms in total. The van der Waals surface area contributed by atoms with Crippen molar-refractivity contribution in [3.05, 3.63) is 24.3 Å². The van der Waals surface area contributed by atoms with E-state index in [2.05, 4.69) is 13.2 Å². The van der Waals surface area contributed by atoms with Crippen molar-refractivity contribution >= 4 is 23.9 Å². The smallest absolute Gasteiger partial charge is 0.333 e. The van der Waals surface area contributed by atoms with E-state index < -0.39 is 23.9 Å². The Morgan fingerprint density at radius 3 is 1.25 bits per heavy atom. The van der Waals surface area contributed by atoms with Crippen LogP contribution in [0.3, 0.4) is 0 Å². The van der Waals surface area contributed by atoms with Gasteiger partial charge in [-0.3, -0.25) is 9.59 Å². The van der Waals surface area contributed by atoms with E-state index in [-0.39, 0.29) is 50.4 Å². The second kappa shape index (κ2) is 11.9. The Hall–Kier alpha value is -2.64. The third kappa shape index (κ3) is 11.0. The van der Waals surface area contributed by atoms with Crippen molar-refractivity contribution in [2.75, 3.05) is 26.4 Å². The summed E-state index contributed by atoms with van der Waals surface area (Å²) in [5.74, 6) is -2.33. The summed E-state index contributed by atoms with van der Waals surface area (Å²) in [4.78, 5) is 44.7. The van der Waals surface area contributed by atoms with Crippen LogP contribution < -0.4 is 0 Å². The summed E-state index contributed by atoms with van der Waals surface area (Å²) in [5.41, 5.74) is 0.480. The number of esters is 4. The van der Waals surface area contributed by atoms with Gasteiger partial charge in [0.05, 0.1) is 12.8 Å². The standard InChI is InChI=1S/C16H22O8/c1-11(2)15(19)23-7-5-13(17)21-9-10-22-14(18)6-8-24-16(20)12(3)4/h1,3,5-10H2,2,4H3. The Kier molecular flexibility index (Phi) is 10.6. The molecular weight excluding hydrogens is 320 g/mol. The predicted octanol–water partition coefficient (Wildman–Crippen LogP) is 1.09. The summed E-state index contributed by atoms with van der Waals surface area (Å²) < 4.78 is 19.0. The fourth-order valence-corrected chi connectivity index (χ4v) is 1.16. The molecule has 0 aliphatic carbocycles. The fraction of sp³-hybridized carbons (Fsp3) is 0.500. The summed E-state index contributed by atoms with van der Waals surface area (Å²) in [6.45, 7) is 9.32. The van der Waals surface area contributed by atoms with Gasteiger partial charge in [-0.25, -0.2) is 9.59 Å². The van der Waals surface area contributed by atoms with E-state index in [0.29, 0.717) is 0 Å². The van der Waals surface area contributed by atoms with Crippen molar-refractivity contribution in [3.63, 3.8) is 0 Å². The highest BCUT2D eigenvalue weighted by molar-refractivity contribution is 5.87. The molecule has 0 aromatic rings. The second-order valence-electron chi connectivity index (χ2n) is 4.77. The van der Waals surface area contributed by atoms with Crippen molar-refractivity contribution in [2.24, 2.45) is 0 Å². The molecule has 0 amide bonds. The zero-order valence-corrected chi connectivity index (χ0v) is 13.9. The fourth-order valence-electron chi connectivity index (χ4n) is 1.16. The molecule has 0 bridgehead atoms. The van der Waals surface area contributed by atoms with Crippen molar-refractivity contribution < 1.29 is 38.1 Å². The molecule has 0 N–H and O–H groups in total. The number of carbonyl (C=O) groups is 4. The van der Waals surface area contributed by atoms with Crippen LogP contribution in [0.1, 0.15) is 26.7 Å². The topological polar surface area (TPSA) is 105 Å². The van der Waals surface area contributed by atoms with Gasteiger partial charge in [0.15, 0.2) is 0 Å². The number of hydrogen-bond donors (Lipinski definition) is 0. The van der Waals surface area contributed by atoms with Crippen molar-refractivity contribution in [2.45, 2.75) is 26.7 Å². The molecule has 0 aromatic carbocycles. The molecule has 0 unspecified atom stereocenters. The molecule has 134 valence electrons. The van der Waals surface area contributed by atoms with E-state index in [0.717, 1.165) is 0 Å². The SMILES string of the molecule is C=C(C)C(=O)OCCC(=O)OCCOC(=O)CCOC(=O)C(=C)C. The lowest BCUT2D eigenvalue weighted by Crippen LogP contribution is -2.17. The summed E-state index contributed by atoms with van der Waals surface area (Å²) in [7, 11) is 0. The maximum Gasteiger partial charge on any atom is 0.333 e. The van der Waals surface area contributed by atoms with Crippen molar-refractivity contribution in [3.8, 4) is 0 Å².